The van der Waals surface area contributed by atoms with E-state index in [9.17, 15) is 0 Å². The molecule has 0 bridgehead atoms. The largest absolute Gasteiger partial charge is 0.322 e. The van der Waals surface area contributed by atoms with E-state index < -0.39 is 0 Å². The molecule has 1 heterocycles. The SMILES string of the molecule is CCC(C)C(N)c1nccs1. The highest BCUT2D eigenvalue weighted by Gasteiger charge is 2.14. The van der Waals surface area contributed by atoms with Crippen molar-refractivity contribution in [2.45, 2.75) is 26.3 Å². The van der Waals surface area contributed by atoms with Crippen molar-refractivity contribution in [3.8, 4) is 0 Å². The summed E-state index contributed by atoms with van der Waals surface area (Å²) in [5, 5.41) is 3.02. The molecule has 0 amide bonds. The van der Waals surface area contributed by atoms with Gasteiger partial charge in [-0.3, -0.25) is 0 Å². The summed E-state index contributed by atoms with van der Waals surface area (Å²) in [5.41, 5.74) is 5.94. The third-order valence-electron chi connectivity index (χ3n) is 1.99. The molecule has 0 aliphatic rings. The van der Waals surface area contributed by atoms with Gasteiger partial charge in [0.25, 0.3) is 0 Å². The minimum absolute atomic E-state index is 0.125. The molecule has 0 radical (unpaired) electrons. The van der Waals surface area contributed by atoms with Gasteiger partial charge in [0.1, 0.15) is 5.01 Å². The van der Waals surface area contributed by atoms with Crippen molar-refractivity contribution in [3.05, 3.63) is 16.6 Å². The Morgan fingerprint density at radius 3 is 2.91 bits per heavy atom. The highest BCUT2D eigenvalue weighted by Crippen LogP contribution is 2.22. The van der Waals surface area contributed by atoms with Crippen LogP contribution in [-0.4, -0.2) is 4.98 Å². The summed E-state index contributed by atoms with van der Waals surface area (Å²) in [6, 6.07) is 0.125. The van der Waals surface area contributed by atoms with E-state index in [1.54, 1.807) is 11.3 Å². The van der Waals surface area contributed by atoms with Gasteiger partial charge in [0, 0.05) is 11.6 Å². The summed E-state index contributed by atoms with van der Waals surface area (Å²) in [7, 11) is 0. The Morgan fingerprint density at radius 1 is 1.73 bits per heavy atom. The number of hydrogen-bond acceptors (Lipinski definition) is 3. The van der Waals surface area contributed by atoms with Crippen LogP contribution in [0.2, 0.25) is 0 Å². The Labute approximate surface area is 71.5 Å². The summed E-state index contributed by atoms with van der Waals surface area (Å²) in [6.45, 7) is 4.31. The highest BCUT2D eigenvalue weighted by molar-refractivity contribution is 7.09. The second-order valence-corrected chi connectivity index (χ2v) is 3.71. The molecule has 2 unspecified atom stereocenters. The Kier molecular flexibility index (Phi) is 3.02. The van der Waals surface area contributed by atoms with E-state index in [1.807, 2.05) is 11.6 Å². The van der Waals surface area contributed by atoms with Crippen LogP contribution in [0.3, 0.4) is 0 Å². The number of nitrogens with two attached hydrogens (primary N) is 1. The van der Waals surface area contributed by atoms with E-state index in [-0.39, 0.29) is 6.04 Å². The zero-order chi connectivity index (χ0) is 8.27. The van der Waals surface area contributed by atoms with Gasteiger partial charge in [-0.15, -0.1) is 11.3 Å². The molecule has 0 spiro atoms. The molecule has 11 heavy (non-hydrogen) atoms. The predicted molar refractivity (Wildman–Crippen MR) is 48.5 cm³/mol. The molecule has 1 rings (SSSR count). The maximum Gasteiger partial charge on any atom is 0.110 e. The van der Waals surface area contributed by atoms with Crippen molar-refractivity contribution < 1.29 is 0 Å². The van der Waals surface area contributed by atoms with Crippen molar-refractivity contribution in [1.29, 1.82) is 0 Å². The lowest BCUT2D eigenvalue weighted by Gasteiger charge is -2.14. The van der Waals surface area contributed by atoms with Crippen LogP contribution >= 0.6 is 11.3 Å². The molecule has 0 fully saturated rings. The fourth-order valence-corrected chi connectivity index (χ4v) is 1.67. The Hall–Kier alpha value is -0.410. The molecule has 3 heteroatoms. The van der Waals surface area contributed by atoms with Gasteiger partial charge in [-0.2, -0.15) is 0 Å². The van der Waals surface area contributed by atoms with Crippen LogP contribution in [0.5, 0.6) is 0 Å². The molecular weight excluding hydrogens is 156 g/mol. The van der Waals surface area contributed by atoms with Crippen LogP contribution < -0.4 is 5.73 Å². The standard InChI is InChI=1S/C8H14N2S/c1-3-6(2)7(9)8-10-4-5-11-8/h4-7H,3,9H2,1-2H3. The van der Waals surface area contributed by atoms with Gasteiger partial charge in [-0.25, -0.2) is 4.98 Å². The number of rotatable bonds is 3. The lowest BCUT2D eigenvalue weighted by molar-refractivity contribution is 0.455. The molecule has 1 aromatic heterocycles. The molecule has 1 aromatic rings. The summed E-state index contributed by atoms with van der Waals surface area (Å²) in [4.78, 5) is 4.18. The highest BCUT2D eigenvalue weighted by atomic mass is 32.1. The van der Waals surface area contributed by atoms with E-state index in [4.69, 9.17) is 5.73 Å². The van der Waals surface area contributed by atoms with Crippen molar-refractivity contribution >= 4 is 11.3 Å². The minimum atomic E-state index is 0.125. The molecule has 0 aliphatic carbocycles. The molecule has 62 valence electrons. The molecule has 2 nitrogen and oxygen atoms in total. The first-order valence-electron chi connectivity index (χ1n) is 3.90. The van der Waals surface area contributed by atoms with Gasteiger partial charge < -0.3 is 5.73 Å². The Morgan fingerprint density at radius 2 is 2.45 bits per heavy atom. The predicted octanol–water partition coefficient (Wildman–Crippen LogP) is 2.19. The second-order valence-electron chi connectivity index (χ2n) is 2.78. The van der Waals surface area contributed by atoms with Crippen LogP contribution in [0.1, 0.15) is 31.3 Å². The molecule has 2 N–H and O–H groups in total. The van der Waals surface area contributed by atoms with Gasteiger partial charge in [0.15, 0.2) is 0 Å². The number of nitrogens with zero attached hydrogens (tertiary/aromatic N) is 1. The van der Waals surface area contributed by atoms with E-state index in [1.165, 1.54) is 0 Å². The van der Waals surface area contributed by atoms with Crippen molar-refractivity contribution in [2.24, 2.45) is 11.7 Å². The normalized spacial score (nSPS) is 16.3. The van der Waals surface area contributed by atoms with Crippen LogP contribution in [-0.2, 0) is 0 Å². The maximum atomic E-state index is 5.94. The Bertz CT molecular complexity index is 196. The van der Waals surface area contributed by atoms with Gasteiger partial charge in [0.05, 0.1) is 6.04 Å². The second kappa shape index (κ2) is 3.83. The first kappa shape index (κ1) is 8.68. The lowest BCUT2D eigenvalue weighted by atomic mass is 10.0. The van der Waals surface area contributed by atoms with Crippen molar-refractivity contribution in [3.63, 3.8) is 0 Å². The lowest BCUT2D eigenvalue weighted by Crippen LogP contribution is -2.17. The number of aromatic nitrogens is 1. The van der Waals surface area contributed by atoms with E-state index in [2.05, 4.69) is 18.8 Å². The van der Waals surface area contributed by atoms with E-state index in [0.717, 1.165) is 11.4 Å². The summed E-state index contributed by atoms with van der Waals surface area (Å²) >= 11 is 1.64. The van der Waals surface area contributed by atoms with E-state index >= 15 is 0 Å². The molecule has 0 aromatic carbocycles. The molecule has 0 saturated heterocycles. The first-order chi connectivity index (χ1) is 5.25. The first-order valence-corrected chi connectivity index (χ1v) is 4.78. The summed E-state index contributed by atoms with van der Waals surface area (Å²) < 4.78 is 0. The average Bonchev–Trinajstić information content (AvgIpc) is 2.53. The van der Waals surface area contributed by atoms with Crippen LogP contribution in [0.15, 0.2) is 11.6 Å². The zero-order valence-electron chi connectivity index (χ0n) is 6.95. The van der Waals surface area contributed by atoms with Gasteiger partial charge in [0.2, 0.25) is 0 Å². The van der Waals surface area contributed by atoms with Crippen molar-refractivity contribution in [1.82, 2.24) is 4.98 Å². The maximum absolute atomic E-state index is 5.94. The number of hydrogen-bond donors (Lipinski definition) is 1. The summed E-state index contributed by atoms with van der Waals surface area (Å²) in [6.07, 6.45) is 2.92. The zero-order valence-corrected chi connectivity index (χ0v) is 7.77. The topological polar surface area (TPSA) is 38.9 Å². The van der Waals surface area contributed by atoms with Crippen LogP contribution in [0.25, 0.3) is 0 Å². The molecular formula is C8H14N2S. The van der Waals surface area contributed by atoms with Crippen LogP contribution in [0.4, 0.5) is 0 Å². The van der Waals surface area contributed by atoms with E-state index in [0.29, 0.717) is 5.92 Å². The fraction of sp³-hybridized carbons (Fsp3) is 0.625. The minimum Gasteiger partial charge on any atom is -0.322 e. The van der Waals surface area contributed by atoms with Crippen LogP contribution in [0, 0.1) is 5.92 Å². The fourth-order valence-electron chi connectivity index (χ4n) is 0.896. The average molecular weight is 170 g/mol. The van der Waals surface area contributed by atoms with Gasteiger partial charge in [-0.1, -0.05) is 20.3 Å². The number of thiazole rings is 1. The smallest absolute Gasteiger partial charge is 0.110 e. The third-order valence-corrected chi connectivity index (χ3v) is 2.87. The molecule has 0 aliphatic heterocycles. The Balaban J connectivity index is 2.62. The molecule has 2 atom stereocenters. The van der Waals surface area contributed by atoms with Gasteiger partial charge >= 0.3 is 0 Å². The summed E-state index contributed by atoms with van der Waals surface area (Å²) in [5.74, 6) is 0.529. The monoisotopic (exact) mass is 170 g/mol. The van der Waals surface area contributed by atoms with Crippen molar-refractivity contribution in [2.75, 3.05) is 0 Å². The van der Waals surface area contributed by atoms with Gasteiger partial charge in [-0.05, 0) is 5.92 Å². The molecule has 0 saturated carbocycles. The quantitative estimate of drug-likeness (QED) is 0.755. The third kappa shape index (κ3) is 2.01.